The maximum absolute atomic E-state index is 6.13. The van der Waals surface area contributed by atoms with Gasteiger partial charge in [0.1, 0.15) is 0 Å². The molecular weight excluding hydrogens is 296 g/mol. The van der Waals surface area contributed by atoms with E-state index in [1.807, 2.05) is 18.3 Å². The van der Waals surface area contributed by atoms with E-state index in [0.717, 1.165) is 29.4 Å². The first-order chi connectivity index (χ1) is 8.24. The molecule has 4 heteroatoms. The molecule has 2 rings (SSSR count). The van der Waals surface area contributed by atoms with E-state index in [2.05, 4.69) is 38.4 Å². The van der Waals surface area contributed by atoms with Gasteiger partial charge in [-0.05, 0) is 53.4 Å². The number of hydrogen-bond acceptors (Lipinski definition) is 3. The van der Waals surface area contributed by atoms with Crippen LogP contribution < -0.4 is 5.73 Å². The molecule has 0 radical (unpaired) electrons. The zero-order valence-electron chi connectivity index (χ0n) is 9.47. The molecule has 2 heterocycles. The van der Waals surface area contributed by atoms with Gasteiger partial charge in [-0.2, -0.15) is 0 Å². The highest BCUT2D eigenvalue weighted by atomic mass is 79.9. The van der Waals surface area contributed by atoms with Gasteiger partial charge in [-0.15, -0.1) is 11.3 Å². The largest absolute Gasteiger partial charge is 0.327 e. The Morgan fingerprint density at radius 1 is 1.41 bits per heavy atom. The van der Waals surface area contributed by atoms with E-state index in [1.54, 1.807) is 11.3 Å². The van der Waals surface area contributed by atoms with Crippen molar-refractivity contribution in [2.45, 2.75) is 25.3 Å². The van der Waals surface area contributed by atoms with E-state index in [0.29, 0.717) is 0 Å². The van der Waals surface area contributed by atoms with Crippen molar-refractivity contribution >= 4 is 27.3 Å². The molecule has 0 spiro atoms. The molecule has 0 saturated carbocycles. The average molecular weight is 311 g/mol. The predicted molar refractivity (Wildman–Crippen MR) is 76.3 cm³/mol. The van der Waals surface area contributed by atoms with E-state index < -0.39 is 0 Å². The minimum absolute atomic E-state index is 0.211. The van der Waals surface area contributed by atoms with Crippen LogP contribution in [0, 0.1) is 0 Å². The lowest BCUT2D eigenvalue weighted by molar-refractivity contribution is 0.609. The van der Waals surface area contributed by atoms with Gasteiger partial charge >= 0.3 is 0 Å². The Balaban J connectivity index is 1.80. The van der Waals surface area contributed by atoms with Gasteiger partial charge in [0.2, 0.25) is 0 Å². The summed E-state index contributed by atoms with van der Waals surface area (Å²) in [5.74, 6) is 0. The van der Waals surface area contributed by atoms with Crippen LogP contribution in [0.3, 0.4) is 0 Å². The van der Waals surface area contributed by atoms with E-state index in [4.69, 9.17) is 5.73 Å². The molecular formula is C13H15BrN2S. The summed E-state index contributed by atoms with van der Waals surface area (Å²) >= 11 is 5.21. The van der Waals surface area contributed by atoms with Crippen LogP contribution in [0.15, 0.2) is 40.3 Å². The predicted octanol–water partition coefficient (Wildman–Crippen LogP) is 3.41. The van der Waals surface area contributed by atoms with Crippen LogP contribution in [-0.2, 0) is 12.8 Å². The van der Waals surface area contributed by atoms with Crippen molar-refractivity contribution in [2.24, 2.45) is 5.73 Å². The van der Waals surface area contributed by atoms with Crippen molar-refractivity contribution in [1.82, 2.24) is 4.98 Å². The van der Waals surface area contributed by atoms with Gasteiger partial charge in [0.25, 0.3) is 0 Å². The SMILES string of the molecule is NC(CCc1ccccn1)Cc1cc(Br)cs1. The molecule has 0 amide bonds. The molecule has 0 aliphatic rings. The van der Waals surface area contributed by atoms with Crippen LogP contribution in [0.25, 0.3) is 0 Å². The summed E-state index contributed by atoms with van der Waals surface area (Å²) in [6.45, 7) is 0. The Morgan fingerprint density at radius 3 is 2.94 bits per heavy atom. The number of nitrogens with zero attached hydrogens (tertiary/aromatic N) is 1. The number of pyridine rings is 1. The first-order valence-electron chi connectivity index (χ1n) is 5.62. The van der Waals surface area contributed by atoms with Crippen molar-refractivity contribution in [3.05, 3.63) is 50.9 Å². The number of aromatic nitrogens is 1. The summed E-state index contributed by atoms with van der Waals surface area (Å²) in [6, 6.07) is 8.36. The van der Waals surface area contributed by atoms with Crippen LogP contribution in [0.1, 0.15) is 17.0 Å². The van der Waals surface area contributed by atoms with E-state index >= 15 is 0 Å². The summed E-state index contributed by atoms with van der Waals surface area (Å²) in [6.07, 6.45) is 4.71. The number of nitrogens with two attached hydrogens (primary N) is 1. The summed E-state index contributed by atoms with van der Waals surface area (Å²) in [5.41, 5.74) is 7.25. The lowest BCUT2D eigenvalue weighted by Gasteiger charge is -2.09. The quantitative estimate of drug-likeness (QED) is 0.919. The fourth-order valence-corrected chi connectivity index (χ4v) is 3.25. The number of aryl methyl sites for hydroxylation is 1. The van der Waals surface area contributed by atoms with Gasteiger partial charge in [-0.1, -0.05) is 6.07 Å². The zero-order chi connectivity index (χ0) is 12.1. The van der Waals surface area contributed by atoms with Gasteiger partial charge in [0.05, 0.1) is 0 Å². The lowest BCUT2D eigenvalue weighted by atomic mass is 10.1. The molecule has 2 aromatic rings. The molecule has 0 bridgehead atoms. The van der Waals surface area contributed by atoms with Gasteiger partial charge in [0, 0.05) is 32.7 Å². The molecule has 2 aromatic heterocycles. The molecule has 0 aliphatic carbocycles. The maximum atomic E-state index is 6.13. The topological polar surface area (TPSA) is 38.9 Å². The highest BCUT2D eigenvalue weighted by Crippen LogP contribution is 2.21. The normalized spacial score (nSPS) is 12.6. The summed E-state index contributed by atoms with van der Waals surface area (Å²) in [5, 5.41) is 2.10. The van der Waals surface area contributed by atoms with Crippen LogP contribution in [0.5, 0.6) is 0 Å². The minimum Gasteiger partial charge on any atom is -0.327 e. The van der Waals surface area contributed by atoms with Crippen LogP contribution in [0.2, 0.25) is 0 Å². The maximum Gasteiger partial charge on any atom is 0.0404 e. The number of halogens is 1. The second-order valence-electron chi connectivity index (χ2n) is 4.06. The molecule has 90 valence electrons. The average Bonchev–Trinajstić information content (AvgIpc) is 2.73. The van der Waals surface area contributed by atoms with Gasteiger partial charge in [-0.25, -0.2) is 0 Å². The van der Waals surface area contributed by atoms with Crippen LogP contribution in [-0.4, -0.2) is 11.0 Å². The van der Waals surface area contributed by atoms with E-state index in [1.165, 1.54) is 4.88 Å². The Labute approximate surface area is 114 Å². The Hall–Kier alpha value is -0.710. The molecule has 0 fully saturated rings. The molecule has 1 atom stereocenters. The fourth-order valence-electron chi connectivity index (χ4n) is 1.70. The molecule has 17 heavy (non-hydrogen) atoms. The van der Waals surface area contributed by atoms with Gasteiger partial charge in [0.15, 0.2) is 0 Å². The molecule has 2 N–H and O–H groups in total. The van der Waals surface area contributed by atoms with E-state index in [9.17, 15) is 0 Å². The first kappa shape index (κ1) is 12.7. The summed E-state index contributed by atoms with van der Waals surface area (Å²) in [4.78, 5) is 5.64. The lowest BCUT2D eigenvalue weighted by Crippen LogP contribution is -2.23. The third-order valence-electron chi connectivity index (χ3n) is 2.58. The number of hydrogen-bond donors (Lipinski definition) is 1. The third-order valence-corrected chi connectivity index (χ3v) is 4.30. The Bertz CT molecular complexity index is 455. The number of rotatable bonds is 5. The highest BCUT2D eigenvalue weighted by Gasteiger charge is 2.06. The van der Waals surface area contributed by atoms with Crippen molar-refractivity contribution in [3.8, 4) is 0 Å². The first-order valence-corrected chi connectivity index (χ1v) is 7.29. The Morgan fingerprint density at radius 2 is 2.29 bits per heavy atom. The van der Waals surface area contributed by atoms with Crippen molar-refractivity contribution in [3.63, 3.8) is 0 Å². The number of thiophene rings is 1. The van der Waals surface area contributed by atoms with Crippen LogP contribution in [0.4, 0.5) is 0 Å². The minimum atomic E-state index is 0.211. The standard InChI is InChI=1S/C13H15BrN2S/c14-10-7-13(17-9-10)8-11(15)4-5-12-3-1-2-6-16-12/h1-3,6-7,9,11H,4-5,8,15H2. The Kier molecular flexibility index (Phi) is 4.71. The van der Waals surface area contributed by atoms with Crippen molar-refractivity contribution < 1.29 is 0 Å². The summed E-state index contributed by atoms with van der Waals surface area (Å²) in [7, 11) is 0. The van der Waals surface area contributed by atoms with Gasteiger partial charge in [-0.3, -0.25) is 4.98 Å². The second-order valence-corrected chi connectivity index (χ2v) is 5.97. The second kappa shape index (κ2) is 6.28. The fraction of sp³-hybridized carbons (Fsp3) is 0.308. The molecule has 0 aromatic carbocycles. The highest BCUT2D eigenvalue weighted by molar-refractivity contribution is 9.10. The van der Waals surface area contributed by atoms with E-state index in [-0.39, 0.29) is 6.04 Å². The van der Waals surface area contributed by atoms with Crippen molar-refractivity contribution in [1.29, 1.82) is 0 Å². The van der Waals surface area contributed by atoms with Crippen molar-refractivity contribution in [2.75, 3.05) is 0 Å². The monoisotopic (exact) mass is 310 g/mol. The smallest absolute Gasteiger partial charge is 0.0404 e. The summed E-state index contributed by atoms with van der Waals surface area (Å²) < 4.78 is 1.15. The molecule has 1 unspecified atom stereocenters. The third kappa shape index (κ3) is 4.22. The molecule has 0 aliphatic heterocycles. The zero-order valence-corrected chi connectivity index (χ0v) is 11.9. The molecule has 2 nitrogen and oxygen atoms in total. The van der Waals surface area contributed by atoms with Gasteiger partial charge < -0.3 is 5.73 Å². The molecule has 0 saturated heterocycles. The van der Waals surface area contributed by atoms with Crippen LogP contribution >= 0.6 is 27.3 Å².